The number of H-pyrrole nitrogens is 1. The summed E-state index contributed by atoms with van der Waals surface area (Å²) in [6.45, 7) is 3.63. The average Bonchev–Trinajstić information content (AvgIpc) is 3.08. The van der Waals surface area contributed by atoms with Crippen LogP contribution in [0.3, 0.4) is 0 Å². The Labute approximate surface area is 122 Å². The van der Waals surface area contributed by atoms with Crippen molar-refractivity contribution in [1.29, 1.82) is 0 Å². The van der Waals surface area contributed by atoms with Gasteiger partial charge in [-0.2, -0.15) is 10.2 Å². The number of aryl methyl sites for hydroxylation is 2. The highest BCUT2D eigenvalue weighted by Crippen LogP contribution is 2.16. The first-order valence-electron chi connectivity index (χ1n) is 6.88. The van der Waals surface area contributed by atoms with E-state index in [1.807, 2.05) is 23.2 Å². The molecule has 1 aliphatic heterocycles. The summed E-state index contributed by atoms with van der Waals surface area (Å²) in [5.74, 6) is 0.938. The smallest absolute Gasteiger partial charge is 0.195 e. The molecule has 1 atom stereocenters. The minimum Gasteiger partial charge on any atom is -0.376 e. The van der Waals surface area contributed by atoms with Crippen LogP contribution in [-0.4, -0.2) is 37.3 Å². The minimum absolute atomic E-state index is 0.256. The van der Waals surface area contributed by atoms with Crippen LogP contribution in [0, 0.1) is 11.7 Å². The molecule has 20 heavy (non-hydrogen) atoms. The highest BCUT2D eigenvalue weighted by molar-refractivity contribution is 7.71. The maximum Gasteiger partial charge on any atom is 0.195 e. The summed E-state index contributed by atoms with van der Waals surface area (Å²) in [6.07, 6.45) is 3.20. The molecule has 3 rings (SSSR count). The topological polar surface area (TPSA) is 60.7 Å². The molecule has 1 fully saturated rings. The molecule has 0 aliphatic carbocycles. The van der Waals surface area contributed by atoms with E-state index >= 15 is 0 Å². The number of ether oxygens (including phenoxy) is 1. The van der Waals surface area contributed by atoms with E-state index in [2.05, 4.69) is 21.4 Å². The number of nitrogens with zero attached hydrogens (tertiary/aromatic N) is 4. The van der Waals surface area contributed by atoms with Crippen LogP contribution in [-0.2, 0) is 24.8 Å². The summed E-state index contributed by atoms with van der Waals surface area (Å²) in [5.41, 5.74) is 2.15. The number of hydrogen-bond acceptors (Lipinski definition) is 4. The zero-order valence-electron chi connectivity index (χ0n) is 11.8. The number of nitrogens with one attached hydrogen (secondary N) is 1. The fraction of sp³-hybridized carbons (Fsp3) is 0.615. The van der Waals surface area contributed by atoms with E-state index in [1.54, 1.807) is 0 Å². The fourth-order valence-electron chi connectivity index (χ4n) is 2.66. The molecule has 0 bridgehead atoms. The minimum atomic E-state index is 0.256. The largest absolute Gasteiger partial charge is 0.376 e. The van der Waals surface area contributed by atoms with E-state index in [0.717, 1.165) is 49.6 Å². The molecule has 0 radical (unpaired) electrons. The normalized spacial score (nSPS) is 18.8. The lowest BCUT2D eigenvalue weighted by molar-refractivity contribution is 0.0959. The van der Waals surface area contributed by atoms with Crippen LogP contribution >= 0.6 is 12.2 Å². The van der Waals surface area contributed by atoms with Crippen molar-refractivity contribution < 1.29 is 4.74 Å². The second kappa shape index (κ2) is 5.49. The van der Waals surface area contributed by atoms with Crippen molar-refractivity contribution in [2.75, 3.05) is 6.61 Å². The van der Waals surface area contributed by atoms with Gasteiger partial charge in [0.2, 0.25) is 0 Å². The summed E-state index contributed by atoms with van der Waals surface area (Å²) in [7, 11) is 1.95. The number of hydrogen-bond donors (Lipinski definition) is 1. The van der Waals surface area contributed by atoms with Crippen molar-refractivity contribution in [3.05, 3.63) is 28.0 Å². The molecule has 0 saturated carbocycles. The van der Waals surface area contributed by atoms with Gasteiger partial charge in [0, 0.05) is 25.8 Å². The maximum absolute atomic E-state index is 5.69. The lowest BCUT2D eigenvalue weighted by Gasteiger charge is -2.12. The first-order valence-corrected chi connectivity index (χ1v) is 7.29. The Hall–Kier alpha value is -1.47. The van der Waals surface area contributed by atoms with Crippen molar-refractivity contribution in [2.24, 2.45) is 7.05 Å². The molecule has 6 nitrogen and oxygen atoms in total. The van der Waals surface area contributed by atoms with Gasteiger partial charge < -0.3 is 9.30 Å². The summed E-state index contributed by atoms with van der Waals surface area (Å²) in [6, 6.07) is 2.08. The van der Waals surface area contributed by atoms with Crippen molar-refractivity contribution in [1.82, 2.24) is 24.5 Å². The van der Waals surface area contributed by atoms with Crippen LogP contribution in [0.15, 0.2) is 6.07 Å². The van der Waals surface area contributed by atoms with E-state index in [4.69, 9.17) is 17.0 Å². The molecule has 0 unspecified atom stereocenters. The molecule has 2 aromatic heterocycles. The highest BCUT2D eigenvalue weighted by atomic mass is 32.1. The molecule has 1 aliphatic rings. The van der Waals surface area contributed by atoms with Gasteiger partial charge >= 0.3 is 0 Å². The second-order valence-electron chi connectivity index (χ2n) is 5.27. The Balaban J connectivity index is 1.82. The Bertz CT molecular complexity index is 650. The van der Waals surface area contributed by atoms with Gasteiger partial charge in [0.05, 0.1) is 18.3 Å². The molecule has 108 valence electrons. The van der Waals surface area contributed by atoms with Crippen LogP contribution in [0.4, 0.5) is 0 Å². The van der Waals surface area contributed by atoms with Crippen LogP contribution in [0.5, 0.6) is 0 Å². The number of aromatic amines is 1. The Morgan fingerprint density at radius 3 is 3.05 bits per heavy atom. The van der Waals surface area contributed by atoms with E-state index in [1.165, 1.54) is 0 Å². The second-order valence-corrected chi connectivity index (χ2v) is 5.65. The predicted octanol–water partition coefficient (Wildman–Crippen LogP) is 1.75. The third-order valence-electron chi connectivity index (χ3n) is 3.69. The quantitative estimate of drug-likeness (QED) is 0.873. The van der Waals surface area contributed by atoms with Gasteiger partial charge in [-0.05, 0) is 38.0 Å². The Kier molecular flexibility index (Phi) is 3.71. The SMILES string of the molecule is Cc1cc(Cc2n[nH]c(=S)n2C[C@H]2CCCO2)n(C)n1. The zero-order chi connectivity index (χ0) is 14.1. The summed E-state index contributed by atoms with van der Waals surface area (Å²) in [5, 5.41) is 11.6. The molecule has 1 saturated heterocycles. The van der Waals surface area contributed by atoms with Gasteiger partial charge in [-0.1, -0.05) is 0 Å². The summed E-state index contributed by atoms with van der Waals surface area (Å²) >= 11 is 5.33. The van der Waals surface area contributed by atoms with E-state index in [-0.39, 0.29) is 6.10 Å². The first-order chi connectivity index (χ1) is 9.63. The zero-order valence-corrected chi connectivity index (χ0v) is 12.6. The third-order valence-corrected chi connectivity index (χ3v) is 4.00. The molecule has 0 amide bonds. The number of rotatable bonds is 4. The van der Waals surface area contributed by atoms with E-state index < -0.39 is 0 Å². The van der Waals surface area contributed by atoms with E-state index in [0.29, 0.717) is 4.77 Å². The molecular formula is C13H19N5OS. The van der Waals surface area contributed by atoms with Crippen molar-refractivity contribution >= 4 is 12.2 Å². The third kappa shape index (κ3) is 2.69. The maximum atomic E-state index is 5.69. The van der Waals surface area contributed by atoms with Gasteiger partial charge in [0.1, 0.15) is 5.82 Å². The molecular weight excluding hydrogens is 274 g/mol. The van der Waals surface area contributed by atoms with Crippen molar-refractivity contribution in [3.63, 3.8) is 0 Å². The fourth-order valence-corrected chi connectivity index (χ4v) is 2.88. The molecule has 7 heteroatoms. The summed E-state index contributed by atoms with van der Waals surface area (Å²) < 4.78 is 10.3. The van der Waals surface area contributed by atoms with Gasteiger partial charge in [-0.3, -0.25) is 9.78 Å². The van der Waals surface area contributed by atoms with Crippen LogP contribution < -0.4 is 0 Å². The van der Waals surface area contributed by atoms with Crippen LogP contribution in [0.1, 0.15) is 30.1 Å². The van der Waals surface area contributed by atoms with Gasteiger partial charge in [-0.15, -0.1) is 0 Å². The Morgan fingerprint density at radius 2 is 2.40 bits per heavy atom. The molecule has 3 heterocycles. The standard InChI is InChI=1S/C13H19N5OS/c1-9-6-10(17(2)16-9)7-12-14-15-13(20)18(12)8-11-4-3-5-19-11/h6,11H,3-5,7-8H2,1-2H3,(H,15,20)/t11-/m1/s1. The monoisotopic (exact) mass is 293 g/mol. The van der Waals surface area contributed by atoms with Crippen molar-refractivity contribution in [2.45, 2.75) is 38.8 Å². The lowest BCUT2D eigenvalue weighted by Crippen LogP contribution is -2.17. The van der Waals surface area contributed by atoms with Crippen LogP contribution in [0.25, 0.3) is 0 Å². The van der Waals surface area contributed by atoms with Gasteiger partial charge in [-0.25, -0.2) is 0 Å². The Morgan fingerprint density at radius 1 is 1.55 bits per heavy atom. The molecule has 0 aromatic carbocycles. The molecule has 1 N–H and O–H groups in total. The van der Waals surface area contributed by atoms with E-state index in [9.17, 15) is 0 Å². The number of aromatic nitrogens is 5. The molecule has 0 spiro atoms. The van der Waals surface area contributed by atoms with Gasteiger partial charge in [0.25, 0.3) is 0 Å². The van der Waals surface area contributed by atoms with Crippen LogP contribution in [0.2, 0.25) is 0 Å². The summed E-state index contributed by atoms with van der Waals surface area (Å²) in [4.78, 5) is 0. The highest BCUT2D eigenvalue weighted by Gasteiger charge is 2.19. The van der Waals surface area contributed by atoms with Crippen molar-refractivity contribution in [3.8, 4) is 0 Å². The predicted molar refractivity (Wildman–Crippen MR) is 77.1 cm³/mol. The van der Waals surface area contributed by atoms with Gasteiger partial charge in [0.15, 0.2) is 4.77 Å². The average molecular weight is 293 g/mol. The first kappa shape index (κ1) is 13.5. The lowest BCUT2D eigenvalue weighted by atomic mass is 10.2. The molecule has 2 aromatic rings.